The lowest BCUT2D eigenvalue weighted by Gasteiger charge is -2.07. The van der Waals surface area contributed by atoms with E-state index in [0.29, 0.717) is 38.2 Å². The number of aromatic nitrogens is 3. The summed E-state index contributed by atoms with van der Waals surface area (Å²) in [7, 11) is 1.58. The molecule has 0 saturated carbocycles. The van der Waals surface area contributed by atoms with Crippen LogP contribution >= 0.6 is 0 Å². The number of hydrogen-bond acceptors (Lipinski definition) is 5. The van der Waals surface area contributed by atoms with Gasteiger partial charge in [0, 0.05) is 50.6 Å². The second-order valence-electron chi connectivity index (χ2n) is 4.96. The average Bonchev–Trinajstić information content (AvgIpc) is 2.57. The van der Waals surface area contributed by atoms with Gasteiger partial charge in [-0.3, -0.25) is 14.6 Å². The first-order valence-corrected chi connectivity index (χ1v) is 7.45. The molecule has 0 aliphatic carbocycles. The van der Waals surface area contributed by atoms with Crippen LogP contribution in [0.15, 0.2) is 41.5 Å². The summed E-state index contributed by atoms with van der Waals surface area (Å²) in [6, 6.07) is 6.84. The number of amides is 1. The van der Waals surface area contributed by atoms with Crippen molar-refractivity contribution in [1.29, 1.82) is 0 Å². The molecular weight excluding hydrogens is 296 g/mol. The van der Waals surface area contributed by atoms with Crippen LogP contribution < -0.4 is 10.9 Å². The summed E-state index contributed by atoms with van der Waals surface area (Å²) < 4.78 is 6.25. The van der Waals surface area contributed by atoms with Gasteiger partial charge in [0.05, 0.1) is 12.3 Å². The number of carbonyl (C=O) groups excluding carboxylic acids is 1. The van der Waals surface area contributed by atoms with E-state index in [2.05, 4.69) is 15.4 Å². The summed E-state index contributed by atoms with van der Waals surface area (Å²) in [5.41, 5.74) is 1.42. The normalized spacial score (nSPS) is 10.5. The van der Waals surface area contributed by atoms with Crippen LogP contribution in [0.3, 0.4) is 0 Å². The smallest absolute Gasteiger partial charge is 0.266 e. The molecule has 0 bridgehead atoms. The van der Waals surface area contributed by atoms with Crippen molar-refractivity contribution in [3.8, 4) is 11.3 Å². The molecule has 122 valence electrons. The Kier molecular flexibility index (Phi) is 6.43. The summed E-state index contributed by atoms with van der Waals surface area (Å²) in [5.74, 6) is -0.0552. The molecular formula is C16H20N4O3. The highest BCUT2D eigenvalue weighted by atomic mass is 16.5. The Morgan fingerprint density at radius 3 is 2.78 bits per heavy atom. The zero-order valence-corrected chi connectivity index (χ0v) is 13.1. The molecule has 0 atom stereocenters. The van der Waals surface area contributed by atoms with Crippen molar-refractivity contribution in [2.45, 2.75) is 19.4 Å². The minimum absolute atomic E-state index is 0.0552. The Bertz CT molecular complexity index is 685. The fourth-order valence-corrected chi connectivity index (χ4v) is 2.06. The van der Waals surface area contributed by atoms with Crippen LogP contribution in [-0.4, -0.2) is 40.9 Å². The van der Waals surface area contributed by atoms with E-state index >= 15 is 0 Å². The minimum Gasteiger partial charge on any atom is -0.383 e. The van der Waals surface area contributed by atoms with Gasteiger partial charge in [0.2, 0.25) is 5.91 Å². The number of rotatable bonds is 8. The van der Waals surface area contributed by atoms with Crippen molar-refractivity contribution in [3.05, 3.63) is 47.0 Å². The largest absolute Gasteiger partial charge is 0.383 e. The van der Waals surface area contributed by atoms with Gasteiger partial charge in [-0.25, -0.2) is 4.68 Å². The van der Waals surface area contributed by atoms with Crippen LogP contribution in [0, 0.1) is 0 Å². The van der Waals surface area contributed by atoms with E-state index in [9.17, 15) is 9.59 Å². The first-order chi connectivity index (χ1) is 11.2. The lowest BCUT2D eigenvalue weighted by Crippen LogP contribution is -2.28. The number of nitrogens with zero attached hydrogens (tertiary/aromatic N) is 3. The monoisotopic (exact) mass is 316 g/mol. The SMILES string of the molecule is COCCNC(=O)CCCn1nc(-c2ccncc2)ccc1=O. The summed E-state index contributed by atoms with van der Waals surface area (Å²) in [5, 5.41) is 7.08. The van der Waals surface area contributed by atoms with Gasteiger partial charge in [-0.1, -0.05) is 0 Å². The number of hydrogen-bond donors (Lipinski definition) is 1. The molecule has 23 heavy (non-hydrogen) atoms. The van der Waals surface area contributed by atoms with Crippen molar-refractivity contribution in [3.63, 3.8) is 0 Å². The van der Waals surface area contributed by atoms with Crippen LogP contribution in [0.2, 0.25) is 0 Å². The van der Waals surface area contributed by atoms with E-state index in [4.69, 9.17) is 4.74 Å². The van der Waals surface area contributed by atoms with Crippen LogP contribution in [-0.2, 0) is 16.1 Å². The maximum absolute atomic E-state index is 11.9. The molecule has 7 nitrogen and oxygen atoms in total. The van der Waals surface area contributed by atoms with E-state index < -0.39 is 0 Å². The highest BCUT2D eigenvalue weighted by Gasteiger charge is 2.05. The highest BCUT2D eigenvalue weighted by Crippen LogP contribution is 2.13. The molecule has 0 radical (unpaired) electrons. The Labute approximate surface area is 134 Å². The maximum Gasteiger partial charge on any atom is 0.266 e. The van der Waals surface area contributed by atoms with Crippen molar-refractivity contribution in [1.82, 2.24) is 20.1 Å². The van der Waals surface area contributed by atoms with Crippen molar-refractivity contribution >= 4 is 5.91 Å². The summed E-state index contributed by atoms with van der Waals surface area (Å²) >= 11 is 0. The van der Waals surface area contributed by atoms with Crippen molar-refractivity contribution < 1.29 is 9.53 Å². The third-order valence-corrected chi connectivity index (χ3v) is 3.24. The molecule has 0 unspecified atom stereocenters. The van der Waals surface area contributed by atoms with Gasteiger partial charge in [-0.2, -0.15) is 5.10 Å². The zero-order valence-electron chi connectivity index (χ0n) is 13.1. The van der Waals surface area contributed by atoms with Crippen LogP contribution in [0.25, 0.3) is 11.3 Å². The molecule has 2 heterocycles. The van der Waals surface area contributed by atoms with Gasteiger partial charge in [0.25, 0.3) is 5.56 Å². The molecule has 0 saturated heterocycles. The van der Waals surface area contributed by atoms with Gasteiger partial charge in [-0.05, 0) is 24.6 Å². The lowest BCUT2D eigenvalue weighted by atomic mass is 10.2. The number of aryl methyl sites for hydroxylation is 1. The Balaban J connectivity index is 1.93. The fraction of sp³-hybridized carbons (Fsp3) is 0.375. The maximum atomic E-state index is 11.9. The fourth-order valence-electron chi connectivity index (χ4n) is 2.06. The van der Waals surface area contributed by atoms with Gasteiger partial charge < -0.3 is 10.1 Å². The quantitative estimate of drug-likeness (QED) is 0.730. The number of pyridine rings is 1. The molecule has 0 spiro atoms. The first kappa shape index (κ1) is 16.8. The molecule has 0 aliphatic rings. The zero-order chi connectivity index (χ0) is 16.5. The second-order valence-corrected chi connectivity index (χ2v) is 4.96. The molecule has 0 aromatic carbocycles. The van der Waals surface area contributed by atoms with Gasteiger partial charge in [-0.15, -0.1) is 0 Å². The van der Waals surface area contributed by atoms with E-state index in [0.717, 1.165) is 5.56 Å². The number of ether oxygens (including phenoxy) is 1. The average molecular weight is 316 g/mol. The molecule has 7 heteroatoms. The Morgan fingerprint density at radius 1 is 1.26 bits per heavy atom. The van der Waals surface area contributed by atoms with Gasteiger partial charge in [0.15, 0.2) is 0 Å². The van der Waals surface area contributed by atoms with Crippen LogP contribution in [0.5, 0.6) is 0 Å². The molecule has 2 aromatic heterocycles. The standard InChI is InChI=1S/C16H20N4O3/c1-23-12-10-18-15(21)3-2-11-20-16(22)5-4-14(19-20)13-6-8-17-9-7-13/h4-9H,2-3,10-12H2,1H3,(H,18,21). The molecule has 1 amide bonds. The van der Waals surface area contributed by atoms with E-state index in [1.54, 1.807) is 25.6 Å². The molecule has 0 aliphatic heterocycles. The van der Waals surface area contributed by atoms with Crippen molar-refractivity contribution in [2.75, 3.05) is 20.3 Å². The van der Waals surface area contributed by atoms with E-state index in [-0.39, 0.29) is 11.5 Å². The van der Waals surface area contributed by atoms with Gasteiger partial charge >= 0.3 is 0 Å². The molecule has 2 aromatic rings. The van der Waals surface area contributed by atoms with E-state index in [1.807, 2.05) is 12.1 Å². The minimum atomic E-state index is -0.178. The van der Waals surface area contributed by atoms with Gasteiger partial charge in [0.1, 0.15) is 0 Å². The summed E-state index contributed by atoms with van der Waals surface area (Å²) in [4.78, 5) is 27.4. The predicted molar refractivity (Wildman–Crippen MR) is 85.8 cm³/mol. The Morgan fingerprint density at radius 2 is 2.04 bits per heavy atom. The third-order valence-electron chi connectivity index (χ3n) is 3.24. The van der Waals surface area contributed by atoms with Crippen LogP contribution in [0.1, 0.15) is 12.8 Å². The Hall–Kier alpha value is -2.54. The third kappa shape index (κ3) is 5.30. The summed E-state index contributed by atoms with van der Waals surface area (Å²) in [6.07, 6.45) is 4.25. The first-order valence-electron chi connectivity index (χ1n) is 7.45. The summed E-state index contributed by atoms with van der Waals surface area (Å²) in [6.45, 7) is 1.38. The lowest BCUT2D eigenvalue weighted by molar-refractivity contribution is -0.121. The van der Waals surface area contributed by atoms with Crippen molar-refractivity contribution in [2.24, 2.45) is 0 Å². The molecule has 0 fully saturated rings. The van der Waals surface area contributed by atoms with Crippen LogP contribution in [0.4, 0.5) is 0 Å². The topological polar surface area (TPSA) is 86.1 Å². The van der Waals surface area contributed by atoms with E-state index in [1.165, 1.54) is 10.7 Å². The second kappa shape index (κ2) is 8.79. The number of nitrogens with one attached hydrogen (secondary N) is 1. The number of methoxy groups -OCH3 is 1. The highest BCUT2D eigenvalue weighted by molar-refractivity contribution is 5.75. The number of carbonyl (C=O) groups is 1. The predicted octanol–water partition coefficient (Wildman–Crippen LogP) is 0.848. The molecule has 2 rings (SSSR count). The molecule has 1 N–H and O–H groups in total.